The highest BCUT2D eigenvalue weighted by molar-refractivity contribution is 5.89. The number of benzene rings is 2. The largest absolute Gasteiger partial charge is 0.390 e. The van der Waals surface area contributed by atoms with Crippen molar-refractivity contribution in [1.29, 1.82) is 0 Å². The van der Waals surface area contributed by atoms with E-state index in [1.807, 2.05) is 24.3 Å². The van der Waals surface area contributed by atoms with Gasteiger partial charge in [-0.3, -0.25) is 9.59 Å². The molecule has 2 amide bonds. The van der Waals surface area contributed by atoms with Crippen molar-refractivity contribution in [3.05, 3.63) is 71.2 Å². The zero-order valence-electron chi connectivity index (χ0n) is 15.9. The standard InChI is InChI=1S/C22H22FN3O3/c1-12(27)25-19(8-14-11-24-18-10-15(23)6-7-16(14)18)22(29)26-21-17-5-3-2-4-13(17)9-20(21)28/h2-7,10-11,19-21,24,28H,8-9H2,1H3,(H,25,27)(H,26,29)/t19?,20-,21-/m1/s1. The molecule has 150 valence electrons. The minimum Gasteiger partial charge on any atom is -0.390 e. The maximum atomic E-state index is 13.4. The summed E-state index contributed by atoms with van der Waals surface area (Å²) in [7, 11) is 0. The summed E-state index contributed by atoms with van der Waals surface area (Å²) in [6, 6.07) is 10.6. The molecule has 1 heterocycles. The van der Waals surface area contributed by atoms with Gasteiger partial charge in [-0.05, 0) is 34.9 Å². The molecule has 1 aliphatic carbocycles. The normalized spacial score (nSPS) is 19.0. The highest BCUT2D eigenvalue weighted by Gasteiger charge is 2.34. The first-order valence-corrected chi connectivity index (χ1v) is 9.51. The lowest BCUT2D eigenvalue weighted by Crippen LogP contribution is -2.49. The van der Waals surface area contributed by atoms with Gasteiger partial charge < -0.3 is 20.7 Å². The predicted molar refractivity (Wildman–Crippen MR) is 107 cm³/mol. The van der Waals surface area contributed by atoms with E-state index in [2.05, 4.69) is 15.6 Å². The number of carbonyl (C=O) groups is 2. The predicted octanol–water partition coefficient (Wildman–Crippen LogP) is 2.13. The van der Waals surface area contributed by atoms with E-state index in [4.69, 9.17) is 0 Å². The van der Waals surface area contributed by atoms with Crippen LogP contribution in [0.1, 0.15) is 29.7 Å². The first-order chi connectivity index (χ1) is 13.9. The van der Waals surface area contributed by atoms with Crippen molar-refractivity contribution in [3.8, 4) is 0 Å². The minimum atomic E-state index is -0.823. The van der Waals surface area contributed by atoms with Gasteiger partial charge in [0.05, 0.1) is 12.1 Å². The van der Waals surface area contributed by atoms with Crippen molar-refractivity contribution >= 4 is 22.7 Å². The van der Waals surface area contributed by atoms with Crippen LogP contribution in [0.15, 0.2) is 48.7 Å². The van der Waals surface area contributed by atoms with Crippen LogP contribution in [0.4, 0.5) is 4.39 Å². The fourth-order valence-electron chi connectivity index (χ4n) is 4.00. The number of aromatic amines is 1. The molecule has 0 saturated heterocycles. The quantitative estimate of drug-likeness (QED) is 0.533. The van der Waals surface area contributed by atoms with E-state index in [1.165, 1.54) is 19.1 Å². The molecule has 6 nitrogen and oxygen atoms in total. The van der Waals surface area contributed by atoms with Crippen LogP contribution in [-0.4, -0.2) is 34.1 Å². The second-order valence-electron chi connectivity index (χ2n) is 7.42. The molecule has 0 radical (unpaired) electrons. The summed E-state index contributed by atoms with van der Waals surface area (Å²) in [4.78, 5) is 27.7. The maximum absolute atomic E-state index is 13.4. The van der Waals surface area contributed by atoms with Gasteiger partial charge in [0.25, 0.3) is 0 Å². The number of H-pyrrole nitrogens is 1. The molecular weight excluding hydrogens is 373 g/mol. The molecule has 4 N–H and O–H groups in total. The van der Waals surface area contributed by atoms with Crippen LogP contribution < -0.4 is 10.6 Å². The number of halogens is 1. The lowest BCUT2D eigenvalue weighted by Gasteiger charge is -2.23. The maximum Gasteiger partial charge on any atom is 0.243 e. The SMILES string of the molecule is CC(=O)NC(Cc1c[nH]c2cc(F)ccc12)C(=O)N[C@@H]1c2ccccc2C[C@H]1O. The summed E-state index contributed by atoms with van der Waals surface area (Å²) in [6.45, 7) is 1.35. The molecule has 0 fully saturated rings. The van der Waals surface area contributed by atoms with Gasteiger partial charge in [0.15, 0.2) is 0 Å². The van der Waals surface area contributed by atoms with Gasteiger partial charge in [-0.1, -0.05) is 24.3 Å². The lowest BCUT2D eigenvalue weighted by molar-refractivity contribution is -0.129. The number of rotatable bonds is 5. The Morgan fingerprint density at radius 1 is 1.28 bits per heavy atom. The molecule has 4 rings (SSSR count). The minimum absolute atomic E-state index is 0.238. The van der Waals surface area contributed by atoms with Gasteiger partial charge in [0.1, 0.15) is 11.9 Å². The molecule has 1 unspecified atom stereocenters. The summed E-state index contributed by atoms with van der Waals surface area (Å²) in [5.74, 6) is -1.06. The number of aliphatic hydroxyl groups excluding tert-OH is 1. The van der Waals surface area contributed by atoms with Crippen molar-refractivity contribution in [2.75, 3.05) is 0 Å². The van der Waals surface area contributed by atoms with E-state index in [1.54, 1.807) is 12.3 Å². The van der Waals surface area contributed by atoms with Crippen LogP contribution >= 0.6 is 0 Å². The van der Waals surface area contributed by atoms with Crippen molar-refractivity contribution in [3.63, 3.8) is 0 Å². The van der Waals surface area contributed by atoms with Gasteiger partial charge in [-0.2, -0.15) is 0 Å². The number of hydrogen-bond donors (Lipinski definition) is 4. The second kappa shape index (κ2) is 7.67. The Morgan fingerprint density at radius 3 is 2.86 bits per heavy atom. The van der Waals surface area contributed by atoms with Crippen LogP contribution in [0.25, 0.3) is 10.9 Å². The van der Waals surface area contributed by atoms with Crippen LogP contribution in [0.2, 0.25) is 0 Å². The van der Waals surface area contributed by atoms with Crippen LogP contribution in [0.5, 0.6) is 0 Å². The summed E-state index contributed by atoms with van der Waals surface area (Å²) >= 11 is 0. The fraction of sp³-hybridized carbons (Fsp3) is 0.273. The highest BCUT2D eigenvalue weighted by Crippen LogP contribution is 2.31. The van der Waals surface area contributed by atoms with Gasteiger partial charge >= 0.3 is 0 Å². The topological polar surface area (TPSA) is 94.2 Å². The second-order valence-corrected chi connectivity index (χ2v) is 7.42. The number of aromatic nitrogens is 1. The third-order valence-corrected chi connectivity index (χ3v) is 5.35. The number of nitrogens with one attached hydrogen (secondary N) is 3. The number of aliphatic hydroxyl groups is 1. The molecule has 2 aromatic carbocycles. The Bertz CT molecular complexity index is 1080. The number of amides is 2. The molecule has 0 spiro atoms. The van der Waals surface area contributed by atoms with Crippen molar-refractivity contribution in [1.82, 2.24) is 15.6 Å². The third kappa shape index (κ3) is 3.86. The highest BCUT2D eigenvalue weighted by atomic mass is 19.1. The van der Waals surface area contributed by atoms with Gasteiger partial charge in [0, 0.05) is 36.9 Å². The molecule has 3 aromatic rings. The third-order valence-electron chi connectivity index (χ3n) is 5.35. The summed E-state index contributed by atoms with van der Waals surface area (Å²) < 4.78 is 13.4. The van der Waals surface area contributed by atoms with E-state index in [0.717, 1.165) is 22.1 Å². The van der Waals surface area contributed by atoms with E-state index < -0.39 is 18.2 Å². The molecule has 0 aliphatic heterocycles. The molecule has 1 aromatic heterocycles. The molecule has 1 aliphatic rings. The van der Waals surface area contributed by atoms with Gasteiger partial charge in [0.2, 0.25) is 11.8 Å². The number of fused-ring (bicyclic) bond motifs is 2. The van der Waals surface area contributed by atoms with Gasteiger partial charge in [-0.15, -0.1) is 0 Å². The average Bonchev–Trinajstić information content (AvgIpc) is 3.21. The lowest BCUT2D eigenvalue weighted by atomic mass is 10.0. The Balaban J connectivity index is 1.56. The van der Waals surface area contributed by atoms with Gasteiger partial charge in [-0.25, -0.2) is 4.39 Å². The fourth-order valence-corrected chi connectivity index (χ4v) is 4.00. The van der Waals surface area contributed by atoms with Crippen LogP contribution in [0, 0.1) is 5.82 Å². The molecule has 0 saturated carbocycles. The molecule has 0 bridgehead atoms. The van der Waals surface area contributed by atoms with E-state index in [0.29, 0.717) is 11.9 Å². The van der Waals surface area contributed by atoms with Crippen molar-refractivity contribution < 1.29 is 19.1 Å². The molecule has 29 heavy (non-hydrogen) atoms. The Hall–Kier alpha value is -3.19. The first kappa shape index (κ1) is 19.1. The molecule has 3 atom stereocenters. The summed E-state index contributed by atoms with van der Waals surface area (Å²) in [5.41, 5.74) is 3.31. The van der Waals surface area contributed by atoms with E-state index in [9.17, 15) is 19.1 Å². The first-order valence-electron chi connectivity index (χ1n) is 9.51. The molecule has 7 heteroatoms. The van der Waals surface area contributed by atoms with E-state index >= 15 is 0 Å². The van der Waals surface area contributed by atoms with Crippen molar-refractivity contribution in [2.45, 2.75) is 38.0 Å². The zero-order chi connectivity index (χ0) is 20.5. The smallest absolute Gasteiger partial charge is 0.243 e. The summed E-state index contributed by atoms with van der Waals surface area (Å²) in [5, 5.41) is 16.8. The number of hydrogen-bond acceptors (Lipinski definition) is 3. The van der Waals surface area contributed by atoms with E-state index in [-0.39, 0.29) is 24.1 Å². The summed E-state index contributed by atoms with van der Waals surface area (Å²) in [6.07, 6.45) is 1.71. The monoisotopic (exact) mass is 395 g/mol. The Morgan fingerprint density at radius 2 is 2.07 bits per heavy atom. The Kier molecular flexibility index (Phi) is 5.07. The Labute approximate surface area is 167 Å². The van der Waals surface area contributed by atoms with Crippen molar-refractivity contribution in [2.24, 2.45) is 0 Å². The van der Waals surface area contributed by atoms with Crippen LogP contribution in [0.3, 0.4) is 0 Å². The van der Waals surface area contributed by atoms with Crippen LogP contribution in [-0.2, 0) is 22.4 Å². The average molecular weight is 395 g/mol. The zero-order valence-corrected chi connectivity index (χ0v) is 15.9. The number of carbonyl (C=O) groups excluding carboxylic acids is 2. The molecular formula is C22H22FN3O3.